The molecule has 0 bridgehead atoms. The van der Waals surface area contributed by atoms with E-state index in [1.807, 2.05) is 24.3 Å². The van der Waals surface area contributed by atoms with E-state index < -0.39 is 5.97 Å². The minimum atomic E-state index is -0.979. The maximum absolute atomic E-state index is 12.1. The molecule has 1 aliphatic rings. The summed E-state index contributed by atoms with van der Waals surface area (Å²) in [6.07, 6.45) is 2.72. The number of benzene rings is 1. The predicted octanol–water partition coefficient (Wildman–Crippen LogP) is 3.18. The van der Waals surface area contributed by atoms with Gasteiger partial charge in [-0.3, -0.25) is 4.79 Å². The molecule has 4 nitrogen and oxygen atoms in total. The first kappa shape index (κ1) is 14.0. The van der Waals surface area contributed by atoms with Crippen LogP contribution in [0.25, 0.3) is 0 Å². The summed E-state index contributed by atoms with van der Waals surface area (Å²) >= 11 is 2.19. The largest absolute Gasteiger partial charge is 0.478 e. The van der Waals surface area contributed by atoms with Crippen molar-refractivity contribution in [3.05, 3.63) is 39.0 Å². The van der Waals surface area contributed by atoms with Crippen molar-refractivity contribution < 1.29 is 14.7 Å². The van der Waals surface area contributed by atoms with Gasteiger partial charge in [-0.1, -0.05) is 0 Å². The Bertz CT molecular complexity index is 534. The molecule has 0 aromatic heterocycles. The summed E-state index contributed by atoms with van der Waals surface area (Å²) in [5.41, 5.74) is 1.36. The highest BCUT2D eigenvalue weighted by Gasteiger charge is 2.23. The number of carbonyl (C=O) groups excluding carboxylic acids is 1. The fraction of sp³-hybridized carbons (Fsp3) is 0.286. The maximum Gasteiger partial charge on any atom is 0.332 e. The van der Waals surface area contributed by atoms with E-state index in [1.54, 1.807) is 0 Å². The van der Waals surface area contributed by atoms with Crippen LogP contribution in [0.1, 0.15) is 25.7 Å². The Morgan fingerprint density at radius 1 is 1.05 bits per heavy atom. The molecule has 0 fully saturated rings. The van der Waals surface area contributed by atoms with E-state index in [2.05, 4.69) is 27.9 Å². The quantitative estimate of drug-likeness (QED) is 0.803. The number of anilines is 1. The number of carbonyl (C=O) groups is 2. The highest BCUT2D eigenvalue weighted by Crippen LogP contribution is 2.26. The molecule has 100 valence electrons. The summed E-state index contributed by atoms with van der Waals surface area (Å²) in [6, 6.07) is 7.40. The Kier molecular flexibility index (Phi) is 4.57. The summed E-state index contributed by atoms with van der Waals surface area (Å²) in [6.45, 7) is 0. The lowest BCUT2D eigenvalue weighted by molar-refractivity contribution is -0.133. The zero-order chi connectivity index (χ0) is 13.8. The van der Waals surface area contributed by atoms with Crippen LogP contribution in [0.2, 0.25) is 0 Å². The van der Waals surface area contributed by atoms with Gasteiger partial charge in [-0.05, 0) is 72.5 Å². The summed E-state index contributed by atoms with van der Waals surface area (Å²) in [5.74, 6) is -1.27. The van der Waals surface area contributed by atoms with E-state index in [1.165, 1.54) is 0 Å². The summed E-state index contributed by atoms with van der Waals surface area (Å²) in [7, 11) is 0. The van der Waals surface area contributed by atoms with Crippen LogP contribution < -0.4 is 5.32 Å². The SMILES string of the molecule is O=C(O)C1=C(C(=O)Nc2ccc(I)cc2)CCCC1. The van der Waals surface area contributed by atoms with Crippen molar-refractivity contribution in [3.63, 3.8) is 0 Å². The summed E-state index contributed by atoms with van der Waals surface area (Å²) in [4.78, 5) is 23.3. The van der Waals surface area contributed by atoms with Gasteiger partial charge in [0.15, 0.2) is 0 Å². The van der Waals surface area contributed by atoms with Crippen molar-refractivity contribution >= 4 is 40.2 Å². The lowest BCUT2D eigenvalue weighted by Crippen LogP contribution is -2.21. The molecule has 1 amide bonds. The normalized spacial score (nSPS) is 15.2. The zero-order valence-electron chi connectivity index (χ0n) is 10.3. The average molecular weight is 371 g/mol. The highest BCUT2D eigenvalue weighted by atomic mass is 127. The van der Waals surface area contributed by atoms with Crippen molar-refractivity contribution in [3.8, 4) is 0 Å². The van der Waals surface area contributed by atoms with E-state index in [0.717, 1.165) is 16.4 Å². The molecule has 19 heavy (non-hydrogen) atoms. The monoisotopic (exact) mass is 371 g/mol. The van der Waals surface area contributed by atoms with Crippen molar-refractivity contribution in [1.82, 2.24) is 0 Å². The van der Waals surface area contributed by atoms with E-state index in [-0.39, 0.29) is 11.5 Å². The van der Waals surface area contributed by atoms with Gasteiger partial charge in [-0.2, -0.15) is 0 Å². The van der Waals surface area contributed by atoms with Crippen LogP contribution in [-0.4, -0.2) is 17.0 Å². The van der Waals surface area contributed by atoms with Crippen molar-refractivity contribution in [1.29, 1.82) is 0 Å². The zero-order valence-corrected chi connectivity index (χ0v) is 12.4. The summed E-state index contributed by atoms with van der Waals surface area (Å²) in [5, 5.41) is 11.9. The number of nitrogens with one attached hydrogen (secondary N) is 1. The minimum absolute atomic E-state index is 0.259. The molecule has 1 aliphatic carbocycles. The molecule has 2 rings (SSSR count). The number of hydrogen-bond donors (Lipinski definition) is 2. The Morgan fingerprint density at radius 2 is 1.63 bits per heavy atom. The summed E-state index contributed by atoms with van der Waals surface area (Å²) < 4.78 is 1.08. The molecule has 0 atom stereocenters. The number of aliphatic carboxylic acids is 1. The number of rotatable bonds is 3. The Balaban J connectivity index is 2.18. The molecule has 0 saturated carbocycles. The van der Waals surface area contributed by atoms with Gasteiger partial charge < -0.3 is 10.4 Å². The van der Waals surface area contributed by atoms with Gasteiger partial charge in [0.25, 0.3) is 5.91 Å². The van der Waals surface area contributed by atoms with E-state index >= 15 is 0 Å². The molecular formula is C14H14INO3. The third kappa shape index (κ3) is 3.56. The van der Waals surface area contributed by atoms with Crippen LogP contribution in [0, 0.1) is 3.57 Å². The first-order valence-corrected chi connectivity index (χ1v) is 7.18. The van der Waals surface area contributed by atoms with Gasteiger partial charge in [-0.15, -0.1) is 0 Å². The first-order valence-electron chi connectivity index (χ1n) is 6.10. The van der Waals surface area contributed by atoms with Gasteiger partial charge in [0, 0.05) is 20.4 Å². The van der Waals surface area contributed by atoms with Crippen molar-refractivity contribution in [2.75, 3.05) is 5.32 Å². The Hall–Kier alpha value is -1.37. The van der Waals surface area contributed by atoms with Gasteiger partial charge >= 0.3 is 5.97 Å². The van der Waals surface area contributed by atoms with E-state index in [4.69, 9.17) is 5.11 Å². The van der Waals surface area contributed by atoms with E-state index in [0.29, 0.717) is 24.1 Å². The molecule has 1 aromatic rings. The standard InChI is InChI=1S/C14H14INO3/c15-9-5-7-10(8-6-9)16-13(17)11-3-1-2-4-12(11)14(18)19/h5-8H,1-4H2,(H,16,17)(H,18,19). The third-order valence-corrected chi connectivity index (χ3v) is 3.82. The maximum atomic E-state index is 12.1. The smallest absolute Gasteiger partial charge is 0.332 e. The molecule has 1 aromatic carbocycles. The van der Waals surface area contributed by atoms with E-state index in [9.17, 15) is 9.59 Å². The Morgan fingerprint density at radius 3 is 2.21 bits per heavy atom. The lowest BCUT2D eigenvalue weighted by Gasteiger charge is -2.17. The van der Waals surface area contributed by atoms with Crippen LogP contribution in [0.5, 0.6) is 0 Å². The molecule has 0 saturated heterocycles. The third-order valence-electron chi connectivity index (χ3n) is 3.10. The number of carboxylic acids is 1. The fourth-order valence-electron chi connectivity index (χ4n) is 2.13. The van der Waals surface area contributed by atoms with Crippen LogP contribution >= 0.6 is 22.6 Å². The second-order valence-electron chi connectivity index (χ2n) is 4.43. The topological polar surface area (TPSA) is 66.4 Å². The van der Waals surface area contributed by atoms with Gasteiger partial charge in [-0.25, -0.2) is 4.79 Å². The molecule has 0 unspecified atom stereocenters. The van der Waals surface area contributed by atoms with Gasteiger partial charge in [0.1, 0.15) is 0 Å². The first-order chi connectivity index (χ1) is 9.08. The van der Waals surface area contributed by atoms with Gasteiger partial charge in [0.2, 0.25) is 0 Å². The molecule has 0 aliphatic heterocycles. The van der Waals surface area contributed by atoms with Gasteiger partial charge in [0.05, 0.1) is 0 Å². The van der Waals surface area contributed by atoms with Crippen LogP contribution in [0.15, 0.2) is 35.4 Å². The van der Waals surface area contributed by atoms with Crippen molar-refractivity contribution in [2.24, 2.45) is 0 Å². The highest BCUT2D eigenvalue weighted by molar-refractivity contribution is 14.1. The molecular weight excluding hydrogens is 357 g/mol. The van der Waals surface area contributed by atoms with Crippen LogP contribution in [0.4, 0.5) is 5.69 Å². The fourth-order valence-corrected chi connectivity index (χ4v) is 2.49. The second kappa shape index (κ2) is 6.18. The number of halogens is 1. The average Bonchev–Trinajstić information content (AvgIpc) is 2.41. The molecule has 2 N–H and O–H groups in total. The van der Waals surface area contributed by atoms with Crippen LogP contribution in [0.3, 0.4) is 0 Å². The van der Waals surface area contributed by atoms with Crippen LogP contribution in [-0.2, 0) is 9.59 Å². The number of carboxylic acid groups (broad SMARTS) is 1. The molecule has 0 radical (unpaired) electrons. The number of hydrogen-bond acceptors (Lipinski definition) is 2. The minimum Gasteiger partial charge on any atom is -0.478 e. The number of amides is 1. The molecule has 5 heteroatoms. The lowest BCUT2D eigenvalue weighted by atomic mass is 9.91. The predicted molar refractivity (Wildman–Crippen MR) is 80.9 cm³/mol. The Labute approximate surface area is 125 Å². The van der Waals surface area contributed by atoms with Crippen molar-refractivity contribution in [2.45, 2.75) is 25.7 Å². The molecule has 0 spiro atoms. The molecule has 0 heterocycles. The second-order valence-corrected chi connectivity index (χ2v) is 5.68.